The monoisotopic (exact) mass is 166 g/mol. The lowest BCUT2D eigenvalue weighted by Gasteiger charge is -2.14. The van der Waals surface area contributed by atoms with Crippen molar-refractivity contribution in [2.75, 3.05) is 7.11 Å². The van der Waals surface area contributed by atoms with Gasteiger partial charge in [-0.25, -0.2) is 4.98 Å². The largest absolute Gasteiger partial charge is 0.378 e. The summed E-state index contributed by atoms with van der Waals surface area (Å²) in [6.07, 6.45) is 5.68. The van der Waals surface area contributed by atoms with Crippen molar-refractivity contribution >= 4 is 0 Å². The summed E-state index contributed by atoms with van der Waals surface area (Å²) in [5, 5.41) is 0. The minimum atomic E-state index is 0.655. The van der Waals surface area contributed by atoms with E-state index in [0.717, 1.165) is 12.2 Å². The van der Waals surface area contributed by atoms with E-state index in [1.54, 1.807) is 7.11 Å². The maximum atomic E-state index is 5.08. The Morgan fingerprint density at radius 3 is 3.33 bits per heavy atom. The van der Waals surface area contributed by atoms with E-state index in [-0.39, 0.29) is 0 Å². The molecule has 0 unspecified atom stereocenters. The van der Waals surface area contributed by atoms with Crippen LogP contribution in [0.1, 0.15) is 24.2 Å². The van der Waals surface area contributed by atoms with Crippen molar-refractivity contribution in [3.63, 3.8) is 0 Å². The van der Waals surface area contributed by atoms with E-state index in [2.05, 4.69) is 9.55 Å². The minimum Gasteiger partial charge on any atom is -0.378 e. The molecule has 0 atom stereocenters. The van der Waals surface area contributed by atoms with Gasteiger partial charge >= 0.3 is 0 Å². The lowest BCUT2D eigenvalue weighted by atomic mass is 10.1. The quantitative estimate of drug-likeness (QED) is 0.663. The summed E-state index contributed by atoms with van der Waals surface area (Å²) < 4.78 is 7.32. The number of hydrogen-bond acceptors (Lipinski definition) is 2. The average molecular weight is 166 g/mol. The van der Waals surface area contributed by atoms with Crippen LogP contribution < -0.4 is 0 Å². The summed E-state index contributed by atoms with van der Waals surface area (Å²) in [7, 11) is 1.72. The van der Waals surface area contributed by atoms with Crippen LogP contribution in [0.3, 0.4) is 0 Å². The Balaban J connectivity index is 2.25. The Kier molecular flexibility index (Phi) is 2.13. The molecule has 12 heavy (non-hydrogen) atoms. The fourth-order valence-corrected chi connectivity index (χ4v) is 1.76. The van der Waals surface area contributed by atoms with Gasteiger partial charge in [-0.15, -0.1) is 0 Å². The van der Waals surface area contributed by atoms with Crippen molar-refractivity contribution in [2.45, 2.75) is 32.4 Å². The van der Waals surface area contributed by atoms with Crippen LogP contribution in [0.4, 0.5) is 0 Å². The molecule has 0 amide bonds. The zero-order chi connectivity index (χ0) is 8.39. The number of aryl methyl sites for hydroxylation is 1. The maximum absolute atomic E-state index is 5.08. The molecule has 3 heteroatoms. The highest BCUT2D eigenvalue weighted by atomic mass is 16.5. The van der Waals surface area contributed by atoms with E-state index >= 15 is 0 Å². The molecule has 0 aliphatic carbocycles. The first-order chi connectivity index (χ1) is 5.92. The van der Waals surface area contributed by atoms with Gasteiger partial charge < -0.3 is 9.30 Å². The molecule has 1 aliphatic heterocycles. The molecule has 1 aromatic rings. The predicted molar refractivity (Wildman–Crippen MR) is 45.9 cm³/mol. The Hall–Kier alpha value is -0.830. The summed E-state index contributed by atoms with van der Waals surface area (Å²) >= 11 is 0. The third-order valence-corrected chi connectivity index (χ3v) is 2.38. The Morgan fingerprint density at radius 1 is 1.58 bits per heavy atom. The van der Waals surface area contributed by atoms with Crippen LogP contribution in [0.25, 0.3) is 0 Å². The van der Waals surface area contributed by atoms with Crippen molar-refractivity contribution in [3.05, 3.63) is 17.7 Å². The Morgan fingerprint density at radius 2 is 2.50 bits per heavy atom. The number of methoxy groups -OCH3 is 1. The van der Waals surface area contributed by atoms with E-state index in [1.807, 2.05) is 6.33 Å². The van der Waals surface area contributed by atoms with Gasteiger partial charge in [0.15, 0.2) is 0 Å². The molecule has 0 fully saturated rings. The van der Waals surface area contributed by atoms with Gasteiger partial charge in [-0.2, -0.15) is 0 Å². The minimum absolute atomic E-state index is 0.655. The second kappa shape index (κ2) is 3.27. The SMILES string of the molecule is COCc1ncn2c1CCCC2. The number of fused-ring (bicyclic) bond motifs is 1. The van der Waals surface area contributed by atoms with Crippen molar-refractivity contribution in [1.29, 1.82) is 0 Å². The van der Waals surface area contributed by atoms with Crippen molar-refractivity contribution in [1.82, 2.24) is 9.55 Å². The molecule has 0 aromatic carbocycles. The molecule has 2 heterocycles. The third-order valence-electron chi connectivity index (χ3n) is 2.38. The van der Waals surface area contributed by atoms with E-state index in [4.69, 9.17) is 4.74 Å². The van der Waals surface area contributed by atoms with Crippen LogP contribution in [-0.2, 0) is 24.3 Å². The fraction of sp³-hybridized carbons (Fsp3) is 0.667. The van der Waals surface area contributed by atoms with Gasteiger partial charge in [0.2, 0.25) is 0 Å². The van der Waals surface area contributed by atoms with Crippen LogP contribution in [0.2, 0.25) is 0 Å². The first kappa shape index (κ1) is 7.80. The molecule has 0 radical (unpaired) electrons. The first-order valence-electron chi connectivity index (χ1n) is 4.43. The Labute approximate surface area is 72.4 Å². The van der Waals surface area contributed by atoms with E-state index < -0.39 is 0 Å². The Bertz CT molecular complexity index is 267. The van der Waals surface area contributed by atoms with Gasteiger partial charge in [-0.3, -0.25) is 0 Å². The highest BCUT2D eigenvalue weighted by molar-refractivity contribution is 5.13. The molecular formula is C9H14N2O. The van der Waals surface area contributed by atoms with Crippen molar-refractivity contribution < 1.29 is 4.74 Å². The molecular weight excluding hydrogens is 152 g/mol. The lowest BCUT2D eigenvalue weighted by molar-refractivity contribution is 0.180. The second-order valence-electron chi connectivity index (χ2n) is 3.22. The fourth-order valence-electron chi connectivity index (χ4n) is 1.76. The second-order valence-corrected chi connectivity index (χ2v) is 3.22. The molecule has 2 rings (SSSR count). The first-order valence-corrected chi connectivity index (χ1v) is 4.43. The van der Waals surface area contributed by atoms with Crippen LogP contribution in [-0.4, -0.2) is 16.7 Å². The van der Waals surface area contributed by atoms with E-state index in [9.17, 15) is 0 Å². The highest BCUT2D eigenvalue weighted by Gasteiger charge is 2.13. The predicted octanol–water partition coefficient (Wildman–Crippen LogP) is 1.37. The molecule has 0 saturated heterocycles. The number of ether oxygens (including phenoxy) is 1. The summed E-state index contributed by atoms with van der Waals surface area (Å²) in [6.45, 7) is 1.79. The van der Waals surface area contributed by atoms with Gasteiger partial charge in [0.25, 0.3) is 0 Å². The number of aromatic nitrogens is 2. The van der Waals surface area contributed by atoms with Crippen LogP contribution >= 0.6 is 0 Å². The highest BCUT2D eigenvalue weighted by Crippen LogP contribution is 2.17. The molecule has 3 nitrogen and oxygen atoms in total. The van der Waals surface area contributed by atoms with Crippen LogP contribution in [0.15, 0.2) is 6.33 Å². The summed E-state index contributed by atoms with van der Waals surface area (Å²) in [5.74, 6) is 0. The van der Waals surface area contributed by atoms with E-state index in [1.165, 1.54) is 25.0 Å². The topological polar surface area (TPSA) is 27.1 Å². The molecule has 1 aromatic heterocycles. The number of nitrogens with zero attached hydrogens (tertiary/aromatic N) is 2. The van der Waals surface area contributed by atoms with Gasteiger partial charge in [0.1, 0.15) is 0 Å². The lowest BCUT2D eigenvalue weighted by Crippen LogP contribution is -2.10. The zero-order valence-electron chi connectivity index (χ0n) is 7.42. The van der Waals surface area contributed by atoms with Gasteiger partial charge in [-0.1, -0.05) is 0 Å². The zero-order valence-corrected chi connectivity index (χ0v) is 7.42. The molecule has 0 spiro atoms. The van der Waals surface area contributed by atoms with Gasteiger partial charge in [-0.05, 0) is 19.3 Å². The van der Waals surface area contributed by atoms with Gasteiger partial charge in [0, 0.05) is 19.3 Å². The number of rotatable bonds is 2. The van der Waals surface area contributed by atoms with E-state index in [0.29, 0.717) is 6.61 Å². The van der Waals surface area contributed by atoms with Crippen molar-refractivity contribution in [2.24, 2.45) is 0 Å². The molecule has 0 N–H and O–H groups in total. The molecule has 0 saturated carbocycles. The summed E-state index contributed by atoms with van der Waals surface area (Å²) in [4.78, 5) is 4.33. The normalized spacial score (nSPS) is 16.1. The molecule has 66 valence electrons. The maximum Gasteiger partial charge on any atom is 0.0952 e. The average Bonchev–Trinajstić information content (AvgIpc) is 2.50. The van der Waals surface area contributed by atoms with Crippen LogP contribution in [0.5, 0.6) is 0 Å². The van der Waals surface area contributed by atoms with Crippen LogP contribution in [0, 0.1) is 0 Å². The van der Waals surface area contributed by atoms with Crippen molar-refractivity contribution in [3.8, 4) is 0 Å². The summed E-state index contributed by atoms with van der Waals surface area (Å²) in [6, 6.07) is 0. The number of imidazole rings is 1. The standard InChI is InChI=1S/C9H14N2O/c1-12-6-8-9-4-2-3-5-11(9)7-10-8/h7H,2-6H2,1H3. The third kappa shape index (κ3) is 1.25. The summed E-state index contributed by atoms with van der Waals surface area (Å²) in [5.41, 5.74) is 2.50. The smallest absolute Gasteiger partial charge is 0.0952 e. The number of hydrogen-bond donors (Lipinski definition) is 0. The van der Waals surface area contributed by atoms with Gasteiger partial charge in [0.05, 0.1) is 18.6 Å². The molecule has 1 aliphatic rings. The molecule has 0 bridgehead atoms.